The van der Waals surface area contributed by atoms with Gasteiger partial charge in [-0.3, -0.25) is 0 Å². The van der Waals surface area contributed by atoms with Gasteiger partial charge in [-0.15, -0.1) is 0 Å². The molecule has 0 saturated carbocycles. The smallest absolute Gasteiger partial charge is 0.151 e. The first kappa shape index (κ1) is 10.1. The van der Waals surface area contributed by atoms with E-state index in [4.69, 9.17) is 5.26 Å². The van der Waals surface area contributed by atoms with E-state index >= 15 is 0 Å². The summed E-state index contributed by atoms with van der Waals surface area (Å²) >= 11 is 0. The van der Waals surface area contributed by atoms with Crippen molar-refractivity contribution in [1.82, 2.24) is 9.97 Å². The Kier molecular flexibility index (Phi) is 3.57. The summed E-state index contributed by atoms with van der Waals surface area (Å²) in [5.41, 5.74) is 1.24. The molecule has 0 atom stereocenters. The van der Waals surface area contributed by atoms with Gasteiger partial charge in [0.2, 0.25) is 0 Å². The molecule has 0 aliphatic heterocycles. The Bertz CT molecular complexity index is 452. The van der Waals surface area contributed by atoms with Crippen molar-refractivity contribution in [3.8, 4) is 6.07 Å². The third kappa shape index (κ3) is 1.86. The number of nitriles is 1. The van der Waals surface area contributed by atoms with Gasteiger partial charge in [0.25, 0.3) is 0 Å². The fourth-order valence-corrected chi connectivity index (χ4v) is 1.09. The van der Waals surface area contributed by atoms with Crippen molar-refractivity contribution < 1.29 is 0 Å². The van der Waals surface area contributed by atoms with Gasteiger partial charge in [0.1, 0.15) is 12.4 Å². The molecule has 0 unspecified atom stereocenters. The fraction of sp³-hybridized carbons (Fsp3) is 0.182. The SMILES string of the molecule is CC.N#Cc1ncnc2ccccc12. The second kappa shape index (κ2) is 4.93. The van der Waals surface area contributed by atoms with E-state index in [-0.39, 0.29) is 0 Å². The highest BCUT2D eigenvalue weighted by Gasteiger charge is 1.99. The number of rotatable bonds is 0. The molecular formula is C11H11N3. The minimum Gasteiger partial charge on any atom is -0.236 e. The molecule has 0 fully saturated rings. The number of nitrogens with zero attached hydrogens (tertiary/aromatic N) is 3. The van der Waals surface area contributed by atoms with Crippen LogP contribution in [-0.2, 0) is 0 Å². The van der Waals surface area contributed by atoms with E-state index in [1.165, 1.54) is 6.33 Å². The van der Waals surface area contributed by atoms with E-state index in [0.29, 0.717) is 5.69 Å². The predicted molar refractivity (Wildman–Crippen MR) is 55.6 cm³/mol. The van der Waals surface area contributed by atoms with Gasteiger partial charge in [-0.1, -0.05) is 26.0 Å². The van der Waals surface area contributed by atoms with Crippen LogP contribution < -0.4 is 0 Å². The van der Waals surface area contributed by atoms with Gasteiger partial charge >= 0.3 is 0 Å². The maximum atomic E-state index is 8.70. The van der Waals surface area contributed by atoms with Crippen LogP contribution in [0.15, 0.2) is 30.6 Å². The van der Waals surface area contributed by atoms with Gasteiger partial charge < -0.3 is 0 Å². The molecule has 0 spiro atoms. The third-order valence-electron chi connectivity index (χ3n) is 1.65. The molecule has 70 valence electrons. The van der Waals surface area contributed by atoms with Crippen molar-refractivity contribution in [1.29, 1.82) is 5.26 Å². The number of aromatic nitrogens is 2. The topological polar surface area (TPSA) is 49.6 Å². The minimum absolute atomic E-state index is 0.431. The quantitative estimate of drug-likeness (QED) is 0.633. The monoisotopic (exact) mass is 185 g/mol. The van der Waals surface area contributed by atoms with E-state index in [9.17, 15) is 0 Å². The number of fused-ring (bicyclic) bond motifs is 1. The highest BCUT2D eigenvalue weighted by molar-refractivity contribution is 5.82. The van der Waals surface area contributed by atoms with Crippen LogP contribution in [0, 0.1) is 11.3 Å². The molecule has 0 N–H and O–H groups in total. The zero-order valence-corrected chi connectivity index (χ0v) is 8.23. The molecule has 1 aromatic heterocycles. The number of hydrogen-bond acceptors (Lipinski definition) is 3. The molecular weight excluding hydrogens is 174 g/mol. The van der Waals surface area contributed by atoms with Crippen LogP contribution in [0.25, 0.3) is 10.9 Å². The predicted octanol–water partition coefficient (Wildman–Crippen LogP) is 2.53. The third-order valence-corrected chi connectivity index (χ3v) is 1.65. The van der Waals surface area contributed by atoms with Gasteiger partial charge in [-0.2, -0.15) is 5.26 Å². The van der Waals surface area contributed by atoms with Gasteiger partial charge in [0.05, 0.1) is 5.52 Å². The molecule has 1 heterocycles. The first-order valence-corrected chi connectivity index (χ1v) is 4.51. The summed E-state index contributed by atoms with van der Waals surface area (Å²) in [5, 5.41) is 9.50. The summed E-state index contributed by atoms with van der Waals surface area (Å²) in [7, 11) is 0. The zero-order valence-electron chi connectivity index (χ0n) is 8.23. The van der Waals surface area contributed by atoms with E-state index < -0.39 is 0 Å². The van der Waals surface area contributed by atoms with Crippen LogP contribution in [0.3, 0.4) is 0 Å². The molecule has 2 aromatic rings. The van der Waals surface area contributed by atoms with Crippen molar-refractivity contribution in [3.63, 3.8) is 0 Å². The Hall–Kier alpha value is -1.95. The molecule has 3 heteroatoms. The molecule has 0 radical (unpaired) electrons. The maximum Gasteiger partial charge on any atom is 0.151 e. The van der Waals surface area contributed by atoms with Crippen molar-refractivity contribution in [2.75, 3.05) is 0 Å². The van der Waals surface area contributed by atoms with Crippen LogP contribution in [0.4, 0.5) is 0 Å². The first-order chi connectivity index (χ1) is 6.92. The molecule has 14 heavy (non-hydrogen) atoms. The van der Waals surface area contributed by atoms with Crippen LogP contribution in [0.1, 0.15) is 19.5 Å². The number of benzene rings is 1. The van der Waals surface area contributed by atoms with E-state index in [2.05, 4.69) is 9.97 Å². The average Bonchev–Trinajstić information content (AvgIpc) is 2.31. The van der Waals surface area contributed by atoms with E-state index in [1.807, 2.05) is 44.2 Å². The average molecular weight is 185 g/mol. The molecule has 2 rings (SSSR count). The number of hydrogen-bond donors (Lipinski definition) is 0. The molecule has 0 saturated heterocycles. The number of para-hydroxylation sites is 1. The van der Waals surface area contributed by atoms with Crippen molar-refractivity contribution in [2.45, 2.75) is 13.8 Å². The fourth-order valence-electron chi connectivity index (χ4n) is 1.09. The Morgan fingerprint density at radius 2 is 1.86 bits per heavy atom. The zero-order chi connectivity index (χ0) is 10.4. The van der Waals surface area contributed by atoms with Crippen molar-refractivity contribution in [3.05, 3.63) is 36.3 Å². The summed E-state index contributed by atoms with van der Waals surface area (Å²) < 4.78 is 0. The lowest BCUT2D eigenvalue weighted by Crippen LogP contribution is -1.86. The first-order valence-electron chi connectivity index (χ1n) is 4.51. The lowest BCUT2D eigenvalue weighted by molar-refractivity contribution is 1.19. The Labute approximate surface area is 83.0 Å². The maximum absolute atomic E-state index is 8.70. The molecule has 3 nitrogen and oxygen atoms in total. The highest BCUT2D eigenvalue weighted by Crippen LogP contribution is 2.12. The molecule has 0 bridgehead atoms. The Morgan fingerprint density at radius 3 is 2.57 bits per heavy atom. The standard InChI is InChI=1S/C9H5N3.C2H6/c10-5-9-7-3-1-2-4-8(7)11-6-12-9;1-2/h1-4,6H;1-2H3. The van der Waals surface area contributed by atoms with E-state index in [0.717, 1.165) is 10.9 Å². The Balaban J connectivity index is 0.000000461. The lowest BCUT2D eigenvalue weighted by Gasteiger charge is -1.95. The largest absolute Gasteiger partial charge is 0.236 e. The van der Waals surface area contributed by atoms with Gasteiger partial charge in [0, 0.05) is 5.39 Å². The second-order valence-electron chi connectivity index (χ2n) is 2.35. The van der Waals surface area contributed by atoms with Crippen molar-refractivity contribution >= 4 is 10.9 Å². The summed E-state index contributed by atoms with van der Waals surface area (Å²) in [4.78, 5) is 7.88. The van der Waals surface area contributed by atoms with Gasteiger partial charge in [0.15, 0.2) is 5.69 Å². The summed E-state index contributed by atoms with van der Waals surface area (Å²) in [6.45, 7) is 4.00. The second-order valence-corrected chi connectivity index (χ2v) is 2.35. The molecule has 0 aliphatic rings. The molecule has 0 aliphatic carbocycles. The molecule has 1 aromatic carbocycles. The summed E-state index contributed by atoms with van der Waals surface area (Å²) in [6, 6.07) is 9.47. The van der Waals surface area contributed by atoms with Crippen LogP contribution in [-0.4, -0.2) is 9.97 Å². The summed E-state index contributed by atoms with van der Waals surface area (Å²) in [5.74, 6) is 0. The minimum atomic E-state index is 0.431. The van der Waals surface area contributed by atoms with Gasteiger partial charge in [-0.25, -0.2) is 9.97 Å². The van der Waals surface area contributed by atoms with E-state index in [1.54, 1.807) is 0 Å². The normalized spacial score (nSPS) is 8.64. The van der Waals surface area contributed by atoms with Crippen LogP contribution >= 0.6 is 0 Å². The van der Waals surface area contributed by atoms with Gasteiger partial charge in [-0.05, 0) is 12.1 Å². The lowest BCUT2D eigenvalue weighted by atomic mass is 10.2. The van der Waals surface area contributed by atoms with Crippen LogP contribution in [0.5, 0.6) is 0 Å². The highest BCUT2D eigenvalue weighted by atomic mass is 14.8. The molecule has 0 amide bonds. The van der Waals surface area contributed by atoms with Crippen molar-refractivity contribution in [2.24, 2.45) is 0 Å². The van der Waals surface area contributed by atoms with Crippen LogP contribution in [0.2, 0.25) is 0 Å². The summed E-state index contributed by atoms with van der Waals surface area (Å²) in [6.07, 6.45) is 1.40. The Morgan fingerprint density at radius 1 is 1.14 bits per heavy atom.